The number of oxime groups is 1. The van der Waals surface area contributed by atoms with Crippen LogP contribution in [0.25, 0.3) is 0 Å². The highest BCUT2D eigenvalue weighted by Gasteiger charge is 2.31. The van der Waals surface area contributed by atoms with Gasteiger partial charge in [0.1, 0.15) is 25.1 Å². The van der Waals surface area contributed by atoms with Crippen LogP contribution in [0.15, 0.2) is 29.7 Å². The number of anilines is 2. The van der Waals surface area contributed by atoms with Crippen LogP contribution >= 0.6 is 35.6 Å². The molecule has 0 radical (unpaired) electrons. The van der Waals surface area contributed by atoms with E-state index >= 15 is 0 Å². The first-order chi connectivity index (χ1) is 15.8. The van der Waals surface area contributed by atoms with Gasteiger partial charge in [0.15, 0.2) is 0 Å². The molecule has 0 bridgehead atoms. The van der Waals surface area contributed by atoms with Crippen molar-refractivity contribution in [3.05, 3.63) is 45.7 Å². The summed E-state index contributed by atoms with van der Waals surface area (Å²) in [7, 11) is 1.46. The Bertz CT molecular complexity index is 998. The number of aromatic nitrogens is 2. The fraction of sp³-hybridized carbons (Fsp3) is 0.455. The Kier molecular flexibility index (Phi) is 10.6. The van der Waals surface area contributed by atoms with Crippen LogP contribution in [0, 0.1) is 0 Å². The topological polar surface area (TPSA) is 109 Å². The summed E-state index contributed by atoms with van der Waals surface area (Å²) in [6.45, 7) is 6.82. The number of amides is 1. The molecule has 1 aromatic carbocycles. The van der Waals surface area contributed by atoms with Crippen LogP contribution in [0.1, 0.15) is 30.9 Å². The van der Waals surface area contributed by atoms with Crippen molar-refractivity contribution in [2.24, 2.45) is 5.16 Å². The molecule has 1 aliphatic rings. The van der Waals surface area contributed by atoms with Crippen molar-refractivity contribution in [1.29, 1.82) is 0 Å². The number of nitrogens with zero attached hydrogens (tertiary/aromatic N) is 5. The summed E-state index contributed by atoms with van der Waals surface area (Å²) < 4.78 is 0. The zero-order valence-electron chi connectivity index (χ0n) is 19.4. The number of halogens is 3. The van der Waals surface area contributed by atoms with Crippen molar-refractivity contribution < 1.29 is 9.63 Å². The maximum absolute atomic E-state index is 13.5. The number of nitrogens with one attached hydrogen (secondary N) is 1. The summed E-state index contributed by atoms with van der Waals surface area (Å²) in [4.78, 5) is 30.7. The second kappa shape index (κ2) is 12.9. The summed E-state index contributed by atoms with van der Waals surface area (Å²) in [5, 5.41) is 8.20. The molecule has 0 saturated carbocycles. The molecule has 12 heteroatoms. The van der Waals surface area contributed by atoms with Gasteiger partial charge in [0.25, 0.3) is 0 Å². The van der Waals surface area contributed by atoms with E-state index in [1.807, 2.05) is 24.8 Å². The van der Waals surface area contributed by atoms with Crippen LogP contribution in [0.5, 0.6) is 0 Å². The molecule has 1 aliphatic heterocycles. The summed E-state index contributed by atoms with van der Waals surface area (Å²) in [5.41, 5.74) is 7.37. The Morgan fingerprint density at radius 1 is 1.26 bits per heavy atom. The van der Waals surface area contributed by atoms with E-state index in [0.717, 1.165) is 5.56 Å². The zero-order valence-corrected chi connectivity index (χ0v) is 21.7. The first-order valence-electron chi connectivity index (χ1n) is 10.7. The smallest absolute Gasteiger partial charge is 0.231 e. The normalized spacial score (nSPS) is 14.9. The van der Waals surface area contributed by atoms with Crippen molar-refractivity contribution in [3.63, 3.8) is 0 Å². The van der Waals surface area contributed by atoms with E-state index in [2.05, 4.69) is 25.3 Å². The molecule has 1 atom stereocenters. The lowest BCUT2D eigenvalue weighted by molar-refractivity contribution is -0.133. The Balaban J connectivity index is 0.00000408. The van der Waals surface area contributed by atoms with Gasteiger partial charge in [-0.1, -0.05) is 48.3 Å². The monoisotopic (exact) mass is 529 g/mol. The van der Waals surface area contributed by atoms with E-state index in [1.54, 1.807) is 12.1 Å². The van der Waals surface area contributed by atoms with Gasteiger partial charge >= 0.3 is 0 Å². The number of nitrogens with two attached hydrogens (primary N) is 1. The number of piperazine rings is 1. The molecule has 1 fully saturated rings. The molecule has 186 valence electrons. The number of carbonyl (C=O) groups is 1. The minimum absolute atomic E-state index is 0. The van der Waals surface area contributed by atoms with Gasteiger partial charge in [0.2, 0.25) is 5.91 Å². The Hall–Kier alpha value is -2.33. The van der Waals surface area contributed by atoms with E-state index in [-0.39, 0.29) is 24.4 Å². The van der Waals surface area contributed by atoms with Crippen LogP contribution in [-0.4, -0.2) is 72.9 Å². The molecule has 1 unspecified atom stereocenters. The van der Waals surface area contributed by atoms with E-state index in [4.69, 9.17) is 33.8 Å². The first kappa shape index (κ1) is 27.9. The third kappa shape index (κ3) is 6.85. The van der Waals surface area contributed by atoms with Gasteiger partial charge in [-0.15, -0.1) is 12.4 Å². The number of nitrogen functional groups attached to an aromatic ring is 1. The fourth-order valence-corrected chi connectivity index (χ4v) is 4.25. The summed E-state index contributed by atoms with van der Waals surface area (Å²) in [6, 6.07) is 5.50. The Labute approximate surface area is 216 Å². The van der Waals surface area contributed by atoms with Crippen LogP contribution < -0.4 is 16.0 Å². The second-order valence-corrected chi connectivity index (χ2v) is 8.85. The van der Waals surface area contributed by atoms with Crippen molar-refractivity contribution in [2.45, 2.75) is 25.8 Å². The SMILES string of the molecule is CON=Cc1c(N)ncnc1N1CCN(C(=O)C(CNC(C)C)c2ccc(Cl)cc2Cl)CC1.Cl. The largest absolute Gasteiger partial charge is 0.399 e. The second-order valence-electron chi connectivity index (χ2n) is 8.01. The van der Waals surface area contributed by atoms with Crippen molar-refractivity contribution in [1.82, 2.24) is 20.2 Å². The average molecular weight is 531 g/mol. The van der Waals surface area contributed by atoms with Crippen molar-refractivity contribution in [3.8, 4) is 0 Å². The minimum atomic E-state index is -0.414. The van der Waals surface area contributed by atoms with Crippen LogP contribution in [0.3, 0.4) is 0 Å². The predicted octanol–water partition coefficient (Wildman–Crippen LogP) is 3.20. The van der Waals surface area contributed by atoms with Gasteiger partial charge in [-0.05, 0) is 17.7 Å². The van der Waals surface area contributed by atoms with E-state index in [9.17, 15) is 4.79 Å². The number of hydrogen-bond donors (Lipinski definition) is 2. The molecular formula is C22H30Cl3N7O2. The highest BCUT2D eigenvalue weighted by atomic mass is 35.5. The summed E-state index contributed by atoms with van der Waals surface area (Å²) in [6.07, 6.45) is 2.92. The third-order valence-electron chi connectivity index (χ3n) is 5.44. The maximum atomic E-state index is 13.5. The number of benzene rings is 1. The van der Waals surface area contributed by atoms with Crippen LogP contribution in [0.2, 0.25) is 10.0 Å². The lowest BCUT2D eigenvalue weighted by atomic mass is 9.96. The van der Waals surface area contributed by atoms with Crippen LogP contribution in [0.4, 0.5) is 11.6 Å². The molecule has 0 spiro atoms. The standard InChI is InChI=1S/C22H29Cl2N7O2.ClH/c1-14(2)26-11-17(16-5-4-15(23)10-19(16)24)22(32)31-8-6-30(7-9-31)21-18(12-29-33-3)20(25)27-13-28-21;/h4-5,10,12-14,17,26H,6-9,11H2,1-3H3,(H2,25,27,28);1H. The minimum Gasteiger partial charge on any atom is -0.399 e. The average Bonchev–Trinajstić information content (AvgIpc) is 2.79. The number of carbonyl (C=O) groups excluding carboxylic acids is 1. The third-order valence-corrected chi connectivity index (χ3v) is 6.00. The van der Waals surface area contributed by atoms with Gasteiger partial charge in [-0.3, -0.25) is 4.79 Å². The van der Waals surface area contributed by atoms with E-state index < -0.39 is 5.92 Å². The molecule has 3 N–H and O–H groups in total. The maximum Gasteiger partial charge on any atom is 0.231 e. The quantitative estimate of drug-likeness (QED) is 0.398. The van der Waals surface area contributed by atoms with Gasteiger partial charge in [-0.2, -0.15) is 0 Å². The van der Waals surface area contributed by atoms with Crippen molar-refractivity contribution >= 4 is 59.4 Å². The lowest BCUT2D eigenvalue weighted by Gasteiger charge is -2.37. The van der Waals surface area contributed by atoms with Crippen LogP contribution in [-0.2, 0) is 9.63 Å². The number of rotatable bonds is 8. The van der Waals surface area contributed by atoms with E-state index in [1.165, 1.54) is 19.7 Å². The lowest BCUT2D eigenvalue weighted by Crippen LogP contribution is -2.51. The van der Waals surface area contributed by atoms with E-state index in [0.29, 0.717) is 60.0 Å². The summed E-state index contributed by atoms with van der Waals surface area (Å²) in [5.74, 6) is 0.587. The van der Waals surface area contributed by atoms with Crippen molar-refractivity contribution in [2.75, 3.05) is 50.5 Å². The molecular weight excluding hydrogens is 501 g/mol. The number of hydrogen-bond acceptors (Lipinski definition) is 8. The van der Waals surface area contributed by atoms with Gasteiger partial charge < -0.3 is 25.7 Å². The molecule has 2 heterocycles. The van der Waals surface area contributed by atoms with Gasteiger partial charge in [-0.25, -0.2) is 9.97 Å². The molecule has 1 amide bonds. The first-order valence-corrected chi connectivity index (χ1v) is 11.5. The predicted molar refractivity (Wildman–Crippen MR) is 139 cm³/mol. The highest BCUT2D eigenvalue weighted by Crippen LogP contribution is 2.30. The Morgan fingerprint density at radius 2 is 1.97 bits per heavy atom. The molecule has 1 saturated heterocycles. The van der Waals surface area contributed by atoms with Gasteiger partial charge in [0, 0.05) is 48.8 Å². The molecule has 2 aromatic rings. The molecule has 1 aromatic heterocycles. The molecule has 0 aliphatic carbocycles. The fourth-order valence-electron chi connectivity index (χ4n) is 3.71. The molecule has 34 heavy (non-hydrogen) atoms. The summed E-state index contributed by atoms with van der Waals surface area (Å²) >= 11 is 12.5. The molecule has 3 rings (SSSR count). The Morgan fingerprint density at radius 3 is 2.59 bits per heavy atom. The zero-order chi connectivity index (χ0) is 24.0. The molecule has 9 nitrogen and oxygen atoms in total. The highest BCUT2D eigenvalue weighted by molar-refractivity contribution is 6.35. The van der Waals surface area contributed by atoms with Gasteiger partial charge in [0.05, 0.1) is 17.7 Å².